The first-order valence-electron chi connectivity index (χ1n) is 7.59. The zero-order chi connectivity index (χ0) is 15.9. The van der Waals surface area contributed by atoms with Crippen molar-refractivity contribution in [1.82, 2.24) is 0 Å². The quantitative estimate of drug-likeness (QED) is 0.346. The van der Waals surface area contributed by atoms with Crippen LogP contribution in [0.15, 0.2) is 0 Å². The number of hydrogen-bond acceptors (Lipinski definition) is 4. The fourth-order valence-electron chi connectivity index (χ4n) is 1.39. The summed E-state index contributed by atoms with van der Waals surface area (Å²) >= 11 is 0. The highest BCUT2D eigenvalue weighted by Crippen LogP contribution is 2.22. The van der Waals surface area contributed by atoms with Gasteiger partial charge in [-0.05, 0) is 68.2 Å². The summed E-state index contributed by atoms with van der Waals surface area (Å²) in [6.07, 6.45) is 4.13. The van der Waals surface area contributed by atoms with Crippen molar-refractivity contribution in [2.45, 2.75) is 97.9 Å². The van der Waals surface area contributed by atoms with Crippen molar-refractivity contribution in [2.24, 2.45) is 0 Å². The SMILES string of the molecule is CC(C)(C)OOCCCCCC(C)(C)OOC(C)(C)C. The van der Waals surface area contributed by atoms with Crippen molar-refractivity contribution in [1.29, 1.82) is 0 Å². The summed E-state index contributed by atoms with van der Waals surface area (Å²) in [6, 6.07) is 0. The van der Waals surface area contributed by atoms with Crippen LogP contribution in [-0.4, -0.2) is 23.4 Å². The topological polar surface area (TPSA) is 36.9 Å². The second-order valence-electron chi connectivity index (χ2n) is 7.87. The molecule has 0 rings (SSSR count). The van der Waals surface area contributed by atoms with Gasteiger partial charge in [-0.15, -0.1) is 0 Å². The molecule has 0 amide bonds. The lowest BCUT2D eigenvalue weighted by atomic mass is 10.0. The van der Waals surface area contributed by atoms with Crippen LogP contribution in [0.1, 0.15) is 81.1 Å². The summed E-state index contributed by atoms with van der Waals surface area (Å²) in [5.41, 5.74) is -0.758. The summed E-state index contributed by atoms with van der Waals surface area (Å²) in [4.78, 5) is 21.3. The predicted molar refractivity (Wildman–Crippen MR) is 81.3 cm³/mol. The van der Waals surface area contributed by atoms with Crippen molar-refractivity contribution in [3.63, 3.8) is 0 Å². The molecule has 0 fully saturated rings. The van der Waals surface area contributed by atoms with Crippen molar-refractivity contribution in [2.75, 3.05) is 6.61 Å². The fourth-order valence-corrected chi connectivity index (χ4v) is 1.39. The smallest absolute Gasteiger partial charge is 0.0980 e. The van der Waals surface area contributed by atoms with Crippen molar-refractivity contribution in [3.8, 4) is 0 Å². The maximum Gasteiger partial charge on any atom is 0.0980 e. The van der Waals surface area contributed by atoms with Gasteiger partial charge in [-0.2, -0.15) is 0 Å². The molecule has 0 atom stereocenters. The highest BCUT2D eigenvalue weighted by Gasteiger charge is 2.23. The summed E-state index contributed by atoms with van der Waals surface area (Å²) < 4.78 is 0. The molecule has 0 radical (unpaired) electrons. The highest BCUT2D eigenvalue weighted by atomic mass is 17.2. The molecule has 0 aromatic rings. The first kappa shape index (κ1) is 19.8. The van der Waals surface area contributed by atoms with Crippen LogP contribution in [-0.2, 0) is 19.6 Å². The molecule has 0 aromatic carbocycles. The highest BCUT2D eigenvalue weighted by molar-refractivity contribution is 4.67. The van der Waals surface area contributed by atoms with E-state index in [4.69, 9.17) is 19.6 Å². The average Bonchev–Trinajstić information content (AvgIpc) is 2.23. The van der Waals surface area contributed by atoms with Gasteiger partial charge < -0.3 is 0 Å². The van der Waals surface area contributed by atoms with Gasteiger partial charge >= 0.3 is 0 Å². The first-order chi connectivity index (χ1) is 8.91. The van der Waals surface area contributed by atoms with Gasteiger partial charge in [-0.25, -0.2) is 19.6 Å². The predicted octanol–water partition coefficient (Wildman–Crippen LogP) is 4.82. The van der Waals surface area contributed by atoms with Crippen LogP contribution in [0.2, 0.25) is 0 Å². The molecule has 0 unspecified atom stereocenters. The van der Waals surface area contributed by atoms with E-state index in [0.29, 0.717) is 6.61 Å². The molecule has 20 heavy (non-hydrogen) atoms. The minimum atomic E-state index is -0.268. The lowest BCUT2D eigenvalue weighted by Gasteiger charge is -2.28. The van der Waals surface area contributed by atoms with Crippen LogP contribution in [0.3, 0.4) is 0 Å². The van der Waals surface area contributed by atoms with Gasteiger partial charge in [0.1, 0.15) is 0 Å². The molecule has 0 saturated carbocycles. The third-order valence-corrected chi connectivity index (χ3v) is 2.33. The van der Waals surface area contributed by atoms with Crippen LogP contribution in [0.5, 0.6) is 0 Å². The zero-order valence-electron chi connectivity index (χ0n) is 14.7. The average molecular weight is 290 g/mol. The molecule has 0 N–H and O–H groups in total. The Bertz CT molecular complexity index is 248. The summed E-state index contributed by atoms with van der Waals surface area (Å²) in [6.45, 7) is 16.6. The van der Waals surface area contributed by atoms with Crippen LogP contribution in [0.25, 0.3) is 0 Å². The molecule has 0 aliphatic carbocycles. The normalized spacial score (nSPS) is 13.8. The minimum absolute atomic E-state index is 0.236. The molecule has 4 nitrogen and oxygen atoms in total. The second-order valence-corrected chi connectivity index (χ2v) is 7.87. The Balaban J connectivity index is 3.58. The number of unbranched alkanes of at least 4 members (excludes halogenated alkanes) is 2. The molecule has 0 aromatic heterocycles. The van der Waals surface area contributed by atoms with E-state index >= 15 is 0 Å². The van der Waals surface area contributed by atoms with Gasteiger partial charge in [0.25, 0.3) is 0 Å². The molecule has 0 aliphatic rings. The van der Waals surface area contributed by atoms with Crippen LogP contribution >= 0.6 is 0 Å². The summed E-state index contributed by atoms with van der Waals surface area (Å²) in [5.74, 6) is 0. The Labute approximate surface area is 125 Å². The molecule has 0 aliphatic heterocycles. The molecular formula is C16H34O4. The Morgan fingerprint density at radius 3 is 1.65 bits per heavy atom. The number of rotatable bonds is 9. The van der Waals surface area contributed by atoms with E-state index in [0.717, 1.165) is 25.7 Å². The van der Waals surface area contributed by atoms with E-state index in [-0.39, 0.29) is 16.8 Å². The van der Waals surface area contributed by atoms with Gasteiger partial charge in [0, 0.05) is 0 Å². The van der Waals surface area contributed by atoms with Gasteiger partial charge in [0.05, 0.1) is 23.4 Å². The van der Waals surface area contributed by atoms with Crippen molar-refractivity contribution < 1.29 is 19.6 Å². The standard InChI is InChI=1S/C16H34O4/c1-14(2,3)18-17-13-11-9-10-12-16(7,8)20-19-15(4,5)6/h9-13H2,1-8H3. The van der Waals surface area contributed by atoms with Crippen LogP contribution < -0.4 is 0 Å². The largest absolute Gasteiger partial charge is 0.236 e. The zero-order valence-corrected chi connectivity index (χ0v) is 14.7. The van der Waals surface area contributed by atoms with E-state index in [2.05, 4.69) is 13.8 Å². The molecule has 0 spiro atoms. The first-order valence-corrected chi connectivity index (χ1v) is 7.59. The molecule has 0 saturated heterocycles. The summed E-state index contributed by atoms with van der Waals surface area (Å²) in [5, 5.41) is 0. The third kappa shape index (κ3) is 14.3. The maximum atomic E-state index is 5.51. The fraction of sp³-hybridized carbons (Fsp3) is 1.00. The molecule has 4 heteroatoms. The molecule has 0 heterocycles. The van der Waals surface area contributed by atoms with Gasteiger partial charge in [0.2, 0.25) is 0 Å². The van der Waals surface area contributed by atoms with Gasteiger partial charge in [0.15, 0.2) is 0 Å². The number of hydrogen-bond donors (Lipinski definition) is 0. The second kappa shape index (κ2) is 8.32. The minimum Gasteiger partial charge on any atom is -0.236 e. The summed E-state index contributed by atoms with van der Waals surface area (Å²) in [7, 11) is 0. The van der Waals surface area contributed by atoms with E-state index < -0.39 is 0 Å². The van der Waals surface area contributed by atoms with Crippen molar-refractivity contribution in [3.05, 3.63) is 0 Å². The van der Waals surface area contributed by atoms with Crippen LogP contribution in [0.4, 0.5) is 0 Å². The monoisotopic (exact) mass is 290 g/mol. The van der Waals surface area contributed by atoms with Crippen molar-refractivity contribution >= 4 is 0 Å². The Morgan fingerprint density at radius 1 is 0.600 bits per heavy atom. The Morgan fingerprint density at radius 2 is 1.15 bits per heavy atom. The van der Waals surface area contributed by atoms with E-state index in [9.17, 15) is 0 Å². The third-order valence-electron chi connectivity index (χ3n) is 2.33. The van der Waals surface area contributed by atoms with E-state index in [1.165, 1.54) is 0 Å². The van der Waals surface area contributed by atoms with E-state index in [1.807, 2.05) is 41.5 Å². The lowest BCUT2D eigenvalue weighted by molar-refractivity contribution is -0.398. The Hall–Kier alpha value is -0.160. The lowest BCUT2D eigenvalue weighted by Crippen LogP contribution is -2.30. The maximum absolute atomic E-state index is 5.51. The molecular weight excluding hydrogens is 256 g/mol. The van der Waals surface area contributed by atoms with Crippen LogP contribution in [0, 0.1) is 0 Å². The van der Waals surface area contributed by atoms with E-state index in [1.54, 1.807) is 0 Å². The molecule has 0 bridgehead atoms. The molecule has 122 valence electrons. The Kier molecular flexibility index (Phi) is 8.26. The van der Waals surface area contributed by atoms with Gasteiger partial charge in [-0.1, -0.05) is 12.8 Å². The van der Waals surface area contributed by atoms with Gasteiger partial charge in [-0.3, -0.25) is 0 Å².